The van der Waals surface area contributed by atoms with E-state index in [-0.39, 0.29) is 6.61 Å². The van der Waals surface area contributed by atoms with Crippen LogP contribution in [0.4, 0.5) is 11.4 Å². The zero-order valence-corrected chi connectivity index (χ0v) is 17.4. The molecule has 29 heavy (non-hydrogen) atoms. The van der Waals surface area contributed by atoms with Gasteiger partial charge in [0, 0.05) is 57.4 Å². The zero-order valence-electron chi connectivity index (χ0n) is 16.6. The molecule has 4 N–H and O–H groups in total. The molecule has 0 fully saturated rings. The van der Waals surface area contributed by atoms with Gasteiger partial charge in [-0.1, -0.05) is 6.07 Å². The third-order valence-corrected chi connectivity index (χ3v) is 5.99. The quantitative estimate of drug-likeness (QED) is 0.309. The zero-order chi connectivity index (χ0) is 20.2. The van der Waals surface area contributed by atoms with Gasteiger partial charge >= 0.3 is 0 Å². The van der Waals surface area contributed by atoms with Gasteiger partial charge in [-0.15, -0.1) is 11.3 Å². The molecule has 0 aliphatic heterocycles. The molecule has 150 valence electrons. The Bertz CT molecular complexity index is 1120. The van der Waals surface area contributed by atoms with Gasteiger partial charge in [0.25, 0.3) is 0 Å². The van der Waals surface area contributed by atoms with E-state index in [1.165, 1.54) is 10.9 Å². The third kappa shape index (κ3) is 4.15. The van der Waals surface area contributed by atoms with Gasteiger partial charge in [0.15, 0.2) is 0 Å². The number of ether oxygens (including phenoxy) is 1. The maximum atomic E-state index is 8.96. The van der Waals surface area contributed by atoms with Crippen LogP contribution in [0.1, 0.15) is 11.1 Å². The lowest BCUT2D eigenvalue weighted by atomic mass is 10.1. The van der Waals surface area contributed by atoms with E-state index in [4.69, 9.17) is 9.84 Å². The van der Waals surface area contributed by atoms with Crippen molar-refractivity contribution in [2.45, 2.75) is 13.5 Å². The van der Waals surface area contributed by atoms with Crippen LogP contribution in [0.3, 0.4) is 0 Å². The first-order valence-electron chi connectivity index (χ1n) is 9.60. The summed E-state index contributed by atoms with van der Waals surface area (Å²) in [5.74, 6) is 0.856. The minimum absolute atomic E-state index is 0.136. The number of thiophene rings is 1. The number of H-pyrrole nitrogens is 1. The van der Waals surface area contributed by atoms with E-state index in [2.05, 4.69) is 64.3 Å². The van der Waals surface area contributed by atoms with Crippen molar-refractivity contribution in [2.24, 2.45) is 0 Å². The van der Waals surface area contributed by atoms with Crippen molar-refractivity contribution in [3.63, 3.8) is 0 Å². The van der Waals surface area contributed by atoms with E-state index in [0.717, 1.165) is 38.6 Å². The van der Waals surface area contributed by atoms with Crippen molar-refractivity contribution in [1.82, 2.24) is 10.3 Å². The predicted octanol–water partition coefficient (Wildman–Crippen LogP) is 5.04. The van der Waals surface area contributed by atoms with E-state index in [1.807, 2.05) is 12.3 Å². The average molecular weight is 408 g/mol. The normalized spacial score (nSPS) is 11.1. The van der Waals surface area contributed by atoms with Gasteiger partial charge < -0.3 is 25.5 Å². The number of methoxy groups -OCH3 is 1. The van der Waals surface area contributed by atoms with Crippen molar-refractivity contribution >= 4 is 33.6 Å². The molecular formula is C23H25N3O2S. The van der Waals surface area contributed by atoms with Crippen LogP contribution in [0.25, 0.3) is 21.3 Å². The average Bonchev–Trinajstić information content (AvgIpc) is 3.40. The summed E-state index contributed by atoms with van der Waals surface area (Å²) < 4.78 is 5.59. The lowest BCUT2D eigenvalue weighted by molar-refractivity contribution is 0.292. The number of nitrogens with one attached hydrogen (secondary N) is 3. The van der Waals surface area contributed by atoms with Crippen molar-refractivity contribution in [3.05, 3.63) is 65.2 Å². The van der Waals surface area contributed by atoms with Crippen LogP contribution >= 0.6 is 11.3 Å². The summed E-state index contributed by atoms with van der Waals surface area (Å²) in [6.45, 7) is 3.57. The van der Waals surface area contributed by atoms with Crippen molar-refractivity contribution in [2.75, 3.05) is 25.6 Å². The second-order valence-corrected chi connectivity index (χ2v) is 7.85. The fourth-order valence-electron chi connectivity index (χ4n) is 3.49. The highest BCUT2D eigenvalue weighted by Gasteiger charge is 2.11. The van der Waals surface area contributed by atoms with E-state index < -0.39 is 0 Å². The Labute approximate surface area is 174 Å². The second-order valence-electron chi connectivity index (χ2n) is 6.94. The molecule has 0 spiro atoms. The molecule has 0 atom stereocenters. The molecule has 2 aromatic heterocycles. The first-order chi connectivity index (χ1) is 14.2. The molecule has 5 nitrogen and oxygen atoms in total. The number of aliphatic hydroxyl groups excluding tert-OH is 1. The number of aromatic nitrogens is 1. The molecule has 0 aliphatic carbocycles. The number of aliphatic hydroxyl groups is 1. The van der Waals surface area contributed by atoms with Crippen LogP contribution in [0.5, 0.6) is 5.75 Å². The summed E-state index contributed by atoms with van der Waals surface area (Å²) in [5, 5.41) is 19.1. The summed E-state index contributed by atoms with van der Waals surface area (Å²) in [5.41, 5.74) is 6.78. The van der Waals surface area contributed by atoms with Crippen molar-refractivity contribution in [3.8, 4) is 16.2 Å². The SMILES string of the molecule is COc1ccc(CNCCO)cc1-c1cc(Nc2ccc3[nH]ccc3c2C)cs1. The molecule has 0 saturated carbocycles. The van der Waals surface area contributed by atoms with Crippen LogP contribution < -0.4 is 15.4 Å². The molecule has 2 aromatic carbocycles. The maximum absolute atomic E-state index is 8.96. The molecule has 6 heteroatoms. The maximum Gasteiger partial charge on any atom is 0.127 e. The Hall–Kier alpha value is -2.80. The van der Waals surface area contributed by atoms with Gasteiger partial charge in [-0.25, -0.2) is 0 Å². The van der Waals surface area contributed by atoms with Gasteiger partial charge in [0.1, 0.15) is 5.75 Å². The highest BCUT2D eigenvalue weighted by Crippen LogP contribution is 2.38. The Morgan fingerprint density at radius 2 is 2.03 bits per heavy atom. The Morgan fingerprint density at radius 3 is 2.86 bits per heavy atom. The van der Waals surface area contributed by atoms with Gasteiger partial charge in [-0.2, -0.15) is 0 Å². The van der Waals surface area contributed by atoms with Crippen molar-refractivity contribution < 1.29 is 9.84 Å². The van der Waals surface area contributed by atoms with Gasteiger partial charge in [-0.05, 0) is 54.4 Å². The standard InChI is InChI=1S/C23H25N3O2S/c1-15-18-7-8-25-21(18)5-4-20(15)26-17-12-23(29-14-17)19-11-16(13-24-9-10-27)3-6-22(19)28-2/h3-8,11-12,14,24-27H,9-10,13H2,1-2H3. The Balaban J connectivity index is 1.59. The predicted molar refractivity (Wildman–Crippen MR) is 121 cm³/mol. The molecule has 2 heterocycles. The number of aromatic amines is 1. The molecule has 0 amide bonds. The summed E-state index contributed by atoms with van der Waals surface area (Å²) in [7, 11) is 1.70. The topological polar surface area (TPSA) is 69.3 Å². The third-order valence-electron chi connectivity index (χ3n) is 5.03. The van der Waals surface area contributed by atoms with Crippen molar-refractivity contribution in [1.29, 1.82) is 0 Å². The van der Waals surface area contributed by atoms with Crippen LogP contribution in [-0.4, -0.2) is 30.4 Å². The number of aryl methyl sites for hydroxylation is 1. The summed E-state index contributed by atoms with van der Waals surface area (Å²) >= 11 is 1.69. The Morgan fingerprint density at radius 1 is 1.14 bits per heavy atom. The first kappa shape index (κ1) is 19.5. The van der Waals surface area contributed by atoms with Gasteiger partial charge in [0.2, 0.25) is 0 Å². The van der Waals surface area contributed by atoms with Gasteiger partial charge in [-0.3, -0.25) is 0 Å². The fourth-order valence-corrected chi connectivity index (χ4v) is 4.35. The number of rotatable bonds is 8. The van der Waals surface area contributed by atoms with Crippen LogP contribution in [0.15, 0.2) is 54.0 Å². The lowest BCUT2D eigenvalue weighted by Gasteiger charge is -2.11. The molecule has 0 unspecified atom stereocenters. The molecule has 0 saturated heterocycles. The molecular weight excluding hydrogens is 382 g/mol. The minimum atomic E-state index is 0.136. The monoisotopic (exact) mass is 407 g/mol. The lowest BCUT2D eigenvalue weighted by Crippen LogP contribution is -2.17. The highest BCUT2D eigenvalue weighted by molar-refractivity contribution is 7.14. The van der Waals surface area contributed by atoms with Crippen LogP contribution in [0, 0.1) is 6.92 Å². The molecule has 0 radical (unpaired) electrons. The molecule has 0 bridgehead atoms. The summed E-state index contributed by atoms with van der Waals surface area (Å²) in [4.78, 5) is 4.40. The van der Waals surface area contributed by atoms with Crippen LogP contribution in [0.2, 0.25) is 0 Å². The summed E-state index contributed by atoms with van der Waals surface area (Å²) in [6.07, 6.45) is 1.97. The summed E-state index contributed by atoms with van der Waals surface area (Å²) in [6, 6.07) is 14.7. The Kier molecular flexibility index (Phi) is 5.85. The number of hydrogen-bond donors (Lipinski definition) is 4. The van der Waals surface area contributed by atoms with E-state index in [1.54, 1.807) is 18.4 Å². The molecule has 4 aromatic rings. The van der Waals surface area contributed by atoms with E-state index in [0.29, 0.717) is 13.1 Å². The first-order valence-corrected chi connectivity index (χ1v) is 10.5. The number of anilines is 2. The van der Waals surface area contributed by atoms with Gasteiger partial charge in [0.05, 0.1) is 13.7 Å². The number of fused-ring (bicyclic) bond motifs is 1. The van der Waals surface area contributed by atoms with E-state index in [9.17, 15) is 0 Å². The number of hydrogen-bond acceptors (Lipinski definition) is 5. The highest BCUT2D eigenvalue weighted by atomic mass is 32.1. The number of benzene rings is 2. The van der Waals surface area contributed by atoms with E-state index >= 15 is 0 Å². The second kappa shape index (κ2) is 8.69. The largest absolute Gasteiger partial charge is 0.496 e. The smallest absolute Gasteiger partial charge is 0.127 e. The fraction of sp³-hybridized carbons (Fsp3) is 0.217. The minimum Gasteiger partial charge on any atom is -0.496 e. The van der Waals surface area contributed by atoms with Crippen LogP contribution in [-0.2, 0) is 6.54 Å². The molecule has 0 aliphatic rings. The molecule has 4 rings (SSSR count).